The summed E-state index contributed by atoms with van der Waals surface area (Å²) in [6.45, 7) is 3.32. The average Bonchev–Trinajstić information content (AvgIpc) is 2.47. The maximum Gasteiger partial charge on any atom is 0.339 e. The number of rotatable bonds is 5. The molecular formula is C14H19F2N3O2. The minimum Gasteiger partial charge on any atom is -0.478 e. The summed E-state index contributed by atoms with van der Waals surface area (Å²) in [6.07, 6.45) is 1.27. The minimum atomic E-state index is -2.35. The van der Waals surface area contributed by atoms with Crippen molar-refractivity contribution in [3.8, 4) is 0 Å². The number of carboxylic acids is 1. The fraction of sp³-hybridized carbons (Fsp3) is 0.571. The van der Waals surface area contributed by atoms with Crippen molar-refractivity contribution < 1.29 is 18.7 Å². The number of aromatic nitrogens is 1. The SMILES string of the molecule is CCC1CN(c2ccncc2C(=O)O)CCN1CC(F)F. The first kappa shape index (κ1) is 15.6. The first-order chi connectivity index (χ1) is 10.0. The van der Waals surface area contributed by atoms with E-state index in [4.69, 9.17) is 0 Å². The number of carboxylic acid groups (broad SMARTS) is 1. The summed E-state index contributed by atoms with van der Waals surface area (Å²) in [5, 5.41) is 9.21. The van der Waals surface area contributed by atoms with E-state index in [0.717, 1.165) is 6.42 Å². The molecule has 1 N–H and O–H groups in total. The lowest BCUT2D eigenvalue weighted by molar-refractivity contribution is 0.0587. The maximum atomic E-state index is 12.6. The van der Waals surface area contributed by atoms with Gasteiger partial charge in [0.05, 0.1) is 12.2 Å². The molecule has 0 saturated carbocycles. The smallest absolute Gasteiger partial charge is 0.339 e. The van der Waals surface area contributed by atoms with Gasteiger partial charge < -0.3 is 10.0 Å². The second kappa shape index (κ2) is 6.80. The van der Waals surface area contributed by atoms with Crippen LogP contribution in [0.15, 0.2) is 18.5 Å². The van der Waals surface area contributed by atoms with Gasteiger partial charge in [0, 0.05) is 38.1 Å². The van der Waals surface area contributed by atoms with Crippen molar-refractivity contribution in [3.63, 3.8) is 0 Å². The molecular weight excluding hydrogens is 280 g/mol. The van der Waals surface area contributed by atoms with Gasteiger partial charge in [-0.25, -0.2) is 13.6 Å². The van der Waals surface area contributed by atoms with Crippen molar-refractivity contribution in [2.75, 3.05) is 31.1 Å². The van der Waals surface area contributed by atoms with E-state index in [1.54, 1.807) is 17.2 Å². The van der Waals surface area contributed by atoms with Gasteiger partial charge in [-0.05, 0) is 12.5 Å². The maximum absolute atomic E-state index is 12.6. The van der Waals surface area contributed by atoms with Crippen molar-refractivity contribution in [2.45, 2.75) is 25.8 Å². The molecule has 0 aromatic carbocycles. The van der Waals surface area contributed by atoms with Crippen LogP contribution in [0.3, 0.4) is 0 Å². The molecule has 21 heavy (non-hydrogen) atoms. The average molecular weight is 299 g/mol. The number of anilines is 1. The van der Waals surface area contributed by atoms with Gasteiger partial charge in [-0.1, -0.05) is 6.92 Å². The molecule has 1 unspecified atom stereocenters. The van der Waals surface area contributed by atoms with Crippen LogP contribution in [-0.4, -0.2) is 59.6 Å². The van der Waals surface area contributed by atoms with Crippen molar-refractivity contribution in [3.05, 3.63) is 24.0 Å². The molecule has 0 aliphatic carbocycles. The van der Waals surface area contributed by atoms with Gasteiger partial charge in [-0.2, -0.15) is 0 Å². The quantitative estimate of drug-likeness (QED) is 0.900. The van der Waals surface area contributed by atoms with Crippen molar-refractivity contribution in [2.24, 2.45) is 0 Å². The van der Waals surface area contributed by atoms with Gasteiger partial charge in [-0.15, -0.1) is 0 Å². The van der Waals surface area contributed by atoms with Gasteiger partial charge in [0.15, 0.2) is 0 Å². The number of hydrogen-bond donors (Lipinski definition) is 1. The summed E-state index contributed by atoms with van der Waals surface area (Å²) in [4.78, 5) is 18.8. The van der Waals surface area contributed by atoms with E-state index >= 15 is 0 Å². The van der Waals surface area contributed by atoms with Crippen LogP contribution in [0.25, 0.3) is 0 Å². The third-order valence-electron chi connectivity index (χ3n) is 3.82. The predicted molar refractivity (Wildman–Crippen MR) is 75.1 cm³/mol. The normalized spacial score (nSPS) is 20.0. The fourth-order valence-corrected chi connectivity index (χ4v) is 2.74. The second-order valence-electron chi connectivity index (χ2n) is 5.09. The highest BCUT2D eigenvalue weighted by Crippen LogP contribution is 2.24. The number of aromatic carboxylic acids is 1. The highest BCUT2D eigenvalue weighted by molar-refractivity contribution is 5.94. The zero-order valence-electron chi connectivity index (χ0n) is 11.9. The van der Waals surface area contributed by atoms with Crippen LogP contribution in [-0.2, 0) is 0 Å². The molecule has 0 bridgehead atoms. The Kier molecular flexibility index (Phi) is 5.06. The lowest BCUT2D eigenvalue weighted by Gasteiger charge is -2.42. The van der Waals surface area contributed by atoms with Crippen LogP contribution >= 0.6 is 0 Å². The molecule has 116 valence electrons. The Bertz CT molecular complexity index is 499. The third-order valence-corrected chi connectivity index (χ3v) is 3.82. The Morgan fingerprint density at radius 3 is 2.90 bits per heavy atom. The Morgan fingerprint density at radius 2 is 2.29 bits per heavy atom. The second-order valence-corrected chi connectivity index (χ2v) is 5.09. The van der Waals surface area contributed by atoms with Gasteiger partial charge in [0.1, 0.15) is 5.56 Å². The number of alkyl halides is 2. The number of hydrogen-bond acceptors (Lipinski definition) is 4. The van der Waals surface area contributed by atoms with E-state index in [1.165, 1.54) is 6.20 Å². The highest BCUT2D eigenvalue weighted by Gasteiger charge is 2.29. The topological polar surface area (TPSA) is 56.7 Å². The molecule has 1 aliphatic heterocycles. The summed E-state index contributed by atoms with van der Waals surface area (Å²) in [7, 11) is 0. The summed E-state index contributed by atoms with van der Waals surface area (Å²) in [5.41, 5.74) is 0.752. The number of pyridine rings is 1. The third kappa shape index (κ3) is 3.66. The van der Waals surface area contributed by atoms with E-state index in [1.807, 2.05) is 11.8 Å². The van der Waals surface area contributed by atoms with E-state index in [-0.39, 0.29) is 18.2 Å². The monoisotopic (exact) mass is 299 g/mol. The molecule has 1 aromatic heterocycles. The molecule has 5 nitrogen and oxygen atoms in total. The molecule has 0 amide bonds. The van der Waals surface area contributed by atoms with Gasteiger partial charge >= 0.3 is 5.97 Å². The first-order valence-electron chi connectivity index (χ1n) is 6.97. The zero-order chi connectivity index (χ0) is 15.4. The predicted octanol–water partition coefficient (Wildman–Crippen LogP) is 1.95. The first-order valence-corrected chi connectivity index (χ1v) is 6.97. The van der Waals surface area contributed by atoms with Crippen LogP contribution in [0.4, 0.5) is 14.5 Å². The lowest BCUT2D eigenvalue weighted by Crippen LogP contribution is -2.54. The number of halogens is 2. The number of piperazine rings is 1. The van der Waals surface area contributed by atoms with E-state index < -0.39 is 12.4 Å². The standard InChI is InChI=1S/C14H19F2N3O2/c1-2-10-8-19(6-5-18(10)9-13(15)16)12-3-4-17-7-11(12)14(20)21/h3-4,7,10,13H,2,5-6,8-9H2,1H3,(H,20,21). The number of nitrogens with zero attached hydrogens (tertiary/aromatic N) is 3. The summed E-state index contributed by atoms with van der Waals surface area (Å²) >= 11 is 0. The van der Waals surface area contributed by atoms with Gasteiger partial charge in [-0.3, -0.25) is 9.88 Å². The van der Waals surface area contributed by atoms with Gasteiger partial charge in [0.25, 0.3) is 6.43 Å². The van der Waals surface area contributed by atoms with E-state index in [9.17, 15) is 18.7 Å². The van der Waals surface area contributed by atoms with Crippen LogP contribution in [0, 0.1) is 0 Å². The van der Waals surface area contributed by atoms with Crippen molar-refractivity contribution in [1.82, 2.24) is 9.88 Å². The Hall–Kier alpha value is -1.76. The van der Waals surface area contributed by atoms with Crippen LogP contribution in [0.1, 0.15) is 23.7 Å². The molecule has 2 rings (SSSR count). The molecule has 1 aliphatic rings. The van der Waals surface area contributed by atoms with Crippen LogP contribution in [0.2, 0.25) is 0 Å². The van der Waals surface area contributed by atoms with Crippen LogP contribution < -0.4 is 4.90 Å². The Balaban J connectivity index is 2.15. The summed E-state index contributed by atoms with van der Waals surface area (Å²) in [6, 6.07) is 1.67. The summed E-state index contributed by atoms with van der Waals surface area (Å²) in [5.74, 6) is -1.03. The van der Waals surface area contributed by atoms with E-state index in [0.29, 0.717) is 25.3 Å². The molecule has 1 fully saturated rings. The van der Waals surface area contributed by atoms with Crippen molar-refractivity contribution >= 4 is 11.7 Å². The van der Waals surface area contributed by atoms with Crippen molar-refractivity contribution in [1.29, 1.82) is 0 Å². The molecule has 0 radical (unpaired) electrons. The summed E-state index contributed by atoms with van der Waals surface area (Å²) < 4.78 is 25.2. The molecule has 1 aromatic rings. The molecule has 7 heteroatoms. The Labute approximate surface area is 122 Å². The Morgan fingerprint density at radius 1 is 1.52 bits per heavy atom. The minimum absolute atomic E-state index is 0.00237. The largest absolute Gasteiger partial charge is 0.478 e. The molecule has 1 atom stereocenters. The van der Waals surface area contributed by atoms with Gasteiger partial charge in [0.2, 0.25) is 0 Å². The zero-order valence-corrected chi connectivity index (χ0v) is 11.9. The highest BCUT2D eigenvalue weighted by atomic mass is 19.3. The molecule has 0 spiro atoms. The number of carbonyl (C=O) groups is 1. The van der Waals surface area contributed by atoms with Crippen LogP contribution in [0.5, 0.6) is 0 Å². The molecule has 1 saturated heterocycles. The fourth-order valence-electron chi connectivity index (χ4n) is 2.74. The molecule has 2 heterocycles. The van der Waals surface area contributed by atoms with E-state index in [2.05, 4.69) is 4.98 Å². The lowest BCUT2D eigenvalue weighted by atomic mass is 10.1.